The molecule has 0 radical (unpaired) electrons. The lowest BCUT2D eigenvalue weighted by molar-refractivity contribution is 0.156. The predicted octanol–water partition coefficient (Wildman–Crippen LogP) is 3.82. The third-order valence-electron chi connectivity index (χ3n) is 2.81. The van der Waals surface area contributed by atoms with E-state index in [0.717, 1.165) is 22.3 Å². The lowest BCUT2D eigenvalue weighted by atomic mass is 10.1. The summed E-state index contributed by atoms with van der Waals surface area (Å²) in [5.41, 5.74) is 1.92. The highest BCUT2D eigenvalue weighted by Crippen LogP contribution is 2.29. The summed E-state index contributed by atoms with van der Waals surface area (Å²) >= 11 is 3.44. The summed E-state index contributed by atoms with van der Waals surface area (Å²) in [5, 5.41) is 3.32. The number of hydrogen-bond acceptors (Lipinski definition) is 2. The van der Waals surface area contributed by atoms with Gasteiger partial charge in [-0.15, -0.1) is 0 Å². The number of halogens is 3. The lowest BCUT2D eigenvalue weighted by Crippen LogP contribution is -2.24. The summed E-state index contributed by atoms with van der Waals surface area (Å²) in [6.07, 6.45) is -2.33. The molecule has 0 heterocycles. The van der Waals surface area contributed by atoms with Crippen LogP contribution in [0.2, 0.25) is 0 Å². The van der Waals surface area contributed by atoms with E-state index in [0.29, 0.717) is 0 Å². The van der Waals surface area contributed by atoms with Crippen molar-refractivity contribution in [3.05, 3.63) is 28.2 Å². The molecule has 1 rings (SSSR count). The van der Waals surface area contributed by atoms with Gasteiger partial charge in [0.25, 0.3) is 6.43 Å². The Kier molecular flexibility index (Phi) is 6.02. The molecule has 0 aromatic heterocycles. The average Bonchev–Trinajstić information content (AvgIpc) is 2.28. The van der Waals surface area contributed by atoms with Crippen molar-refractivity contribution < 1.29 is 8.78 Å². The number of benzene rings is 1. The molecule has 1 atom stereocenters. The fourth-order valence-corrected chi connectivity index (χ4v) is 2.53. The van der Waals surface area contributed by atoms with Crippen molar-refractivity contribution in [3.63, 3.8) is 0 Å². The van der Waals surface area contributed by atoms with E-state index in [9.17, 15) is 8.78 Å². The van der Waals surface area contributed by atoms with Gasteiger partial charge in [0.2, 0.25) is 0 Å². The van der Waals surface area contributed by atoms with Gasteiger partial charge in [0.15, 0.2) is 0 Å². The second kappa shape index (κ2) is 7.04. The number of nitrogens with zero attached hydrogens (tertiary/aromatic N) is 1. The van der Waals surface area contributed by atoms with Crippen LogP contribution in [-0.4, -0.2) is 26.6 Å². The minimum Gasteiger partial charge on any atom is -0.368 e. The first-order valence-electron chi connectivity index (χ1n) is 5.97. The highest BCUT2D eigenvalue weighted by atomic mass is 79.9. The topological polar surface area (TPSA) is 15.3 Å². The van der Waals surface area contributed by atoms with E-state index < -0.39 is 6.43 Å². The van der Waals surface area contributed by atoms with Gasteiger partial charge in [-0.05, 0) is 47.1 Å². The summed E-state index contributed by atoms with van der Waals surface area (Å²) in [7, 11) is 1.67. The summed E-state index contributed by atoms with van der Waals surface area (Å²) in [4.78, 5) is 1.55. The van der Waals surface area contributed by atoms with Crippen molar-refractivity contribution in [2.75, 3.05) is 25.0 Å². The van der Waals surface area contributed by atoms with Crippen LogP contribution in [0, 0.1) is 0 Å². The van der Waals surface area contributed by atoms with Crippen molar-refractivity contribution in [1.29, 1.82) is 0 Å². The van der Waals surface area contributed by atoms with Crippen LogP contribution in [0.4, 0.5) is 14.5 Å². The van der Waals surface area contributed by atoms with Gasteiger partial charge in [-0.1, -0.05) is 13.0 Å². The molecule has 0 aliphatic rings. The number of rotatable bonds is 6. The first-order chi connectivity index (χ1) is 8.45. The van der Waals surface area contributed by atoms with Crippen LogP contribution >= 0.6 is 15.9 Å². The van der Waals surface area contributed by atoms with E-state index in [1.807, 2.05) is 18.2 Å². The van der Waals surface area contributed by atoms with Crippen LogP contribution in [0.1, 0.15) is 25.5 Å². The van der Waals surface area contributed by atoms with Crippen LogP contribution in [0.3, 0.4) is 0 Å². The molecule has 0 aliphatic heterocycles. The summed E-state index contributed by atoms with van der Waals surface area (Å²) < 4.78 is 25.5. The number of anilines is 1. The molecule has 0 saturated heterocycles. The molecular weight excluding hydrogens is 302 g/mol. The van der Waals surface area contributed by atoms with E-state index in [1.165, 1.54) is 0 Å². The Morgan fingerprint density at radius 2 is 2.06 bits per heavy atom. The highest BCUT2D eigenvalue weighted by molar-refractivity contribution is 9.10. The Bertz CT molecular complexity index is 385. The normalized spacial score (nSPS) is 12.8. The van der Waals surface area contributed by atoms with E-state index in [1.54, 1.807) is 11.9 Å². The maximum Gasteiger partial charge on any atom is 0.255 e. The van der Waals surface area contributed by atoms with Crippen molar-refractivity contribution in [2.24, 2.45) is 0 Å². The summed E-state index contributed by atoms with van der Waals surface area (Å²) in [5.74, 6) is 0. The summed E-state index contributed by atoms with van der Waals surface area (Å²) in [6.45, 7) is 4.76. The van der Waals surface area contributed by atoms with Crippen LogP contribution in [-0.2, 0) is 0 Å². The first kappa shape index (κ1) is 15.4. The standard InChI is InChI=1S/C13H19BrF2N2/c1-4-17-9(2)10-5-6-12(11(14)7-10)18(3)8-13(15)16/h5-7,9,13,17H,4,8H2,1-3H3. The fraction of sp³-hybridized carbons (Fsp3) is 0.538. The molecule has 5 heteroatoms. The van der Waals surface area contributed by atoms with Crippen LogP contribution in [0.25, 0.3) is 0 Å². The van der Waals surface area contributed by atoms with Gasteiger partial charge in [-0.25, -0.2) is 8.78 Å². The van der Waals surface area contributed by atoms with E-state index >= 15 is 0 Å². The third kappa shape index (κ3) is 4.21. The highest BCUT2D eigenvalue weighted by Gasteiger charge is 2.13. The first-order valence-corrected chi connectivity index (χ1v) is 6.77. The molecule has 102 valence electrons. The van der Waals surface area contributed by atoms with Gasteiger partial charge in [-0.3, -0.25) is 0 Å². The molecule has 0 spiro atoms. The molecule has 18 heavy (non-hydrogen) atoms. The van der Waals surface area contributed by atoms with Gasteiger partial charge < -0.3 is 10.2 Å². The van der Waals surface area contributed by atoms with Gasteiger partial charge in [0.1, 0.15) is 0 Å². The Morgan fingerprint density at radius 3 is 2.56 bits per heavy atom. The second-order valence-corrected chi connectivity index (χ2v) is 5.12. The van der Waals surface area contributed by atoms with Crippen LogP contribution < -0.4 is 10.2 Å². The number of alkyl halides is 2. The van der Waals surface area contributed by atoms with Crippen LogP contribution in [0.5, 0.6) is 0 Å². The van der Waals surface area contributed by atoms with Gasteiger partial charge in [-0.2, -0.15) is 0 Å². The van der Waals surface area contributed by atoms with Crippen molar-refractivity contribution >= 4 is 21.6 Å². The zero-order valence-electron chi connectivity index (χ0n) is 10.9. The zero-order chi connectivity index (χ0) is 13.7. The molecule has 0 saturated carbocycles. The molecule has 0 bridgehead atoms. The van der Waals surface area contributed by atoms with E-state index in [-0.39, 0.29) is 12.6 Å². The predicted molar refractivity (Wildman–Crippen MR) is 75.5 cm³/mol. The Morgan fingerprint density at radius 1 is 1.39 bits per heavy atom. The second-order valence-electron chi connectivity index (χ2n) is 4.26. The van der Waals surface area contributed by atoms with Gasteiger partial charge in [0.05, 0.1) is 12.2 Å². The Hall–Kier alpha value is -0.680. The SMILES string of the molecule is CCNC(C)c1ccc(N(C)CC(F)F)c(Br)c1. The molecule has 0 amide bonds. The number of nitrogens with one attached hydrogen (secondary N) is 1. The molecule has 0 aliphatic carbocycles. The van der Waals surface area contributed by atoms with Gasteiger partial charge in [0, 0.05) is 17.6 Å². The smallest absolute Gasteiger partial charge is 0.255 e. The molecule has 1 aromatic carbocycles. The van der Waals surface area contributed by atoms with Crippen LogP contribution in [0.15, 0.2) is 22.7 Å². The quantitative estimate of drug-likeness (QED) is 0.857. The lowest BCUT2D eigenvalue weighted by Gasteiger charge is -2.22. The Labute approximate surface area is 115 Å². The van der Waals surface area contributed by atoms with E-state index in [4.69, 9.17) is 0 Å². The average molecular weight is 321 g/mol. The third-order valence-corrected chi connectivity index (χ3v) is 3.44. The molecule has 1 aromatic rings. The Balaban J connectivity index is 2.85. The minimum absolute atomic E-state index is 0.251. The van der Waals surface area contributed by atoms with Crippen molar-refractivity contribution in [1.82, 2.24) is 5.32 Å². The molecule has 1 unspecified atom stereocenters. The largest absolute Gasteiger partial charge is 0.368 e. The van der Waals surface area contributed by atoms with Crippen molar-refractivity contribution in [2.45, 2.75) is 26.3 Å². The molecule has 1 N–H and O–H groups in total. The van der Waals surface area contributed by atoms with Gasteiger partial charge >= 0.3 is 0 Å². The maximum absolute atomic E-state index is 12.3. The summed E-state index contributed by atoms with van der Waals surface area (Å²) in [6, 6.07) is 6.07. The zero-order valence-corrected chi connectivity index (χ0v) is 12.5. The molecule has 2 nitrogen and oxygen atoms in total. The maximum atomic E-state index is 12.3. The number of hydrogen-bond donors (Lipinski definition) is 1. The van der Waals surface area contributed by atoms with E-state index in [2.05, 4.69) is 35.1 Å². The molecule has 0 fully saturated rings. The molecular formula is C13H19BrF2N2. The minimum atomic E-state index is -2.33. The fourth-order valence-electron chi connectivity index (χ4n) is 1.83. The monoisotopic (exact) mass is 320 g/mol. The van der Waals surface area contributed by atoms with Crippen molar-refractivity contribution in [3.8, 4) is 0 Å².